The summed E-state index contributed by atoms with van der Waals surface area (Å²) in [4.78, 5) is 2.32. The molecule has 1 aliphatic heterocycles. The van der Waals surface area contributed by atoms with E-state index in [9.17, 15) is 0 Å². The molecule has 4 nitrogen and oxygen atoms in total. The summed E-state index contributed by atoms with van der Waals surface area (Å²) in [6.07, 6.45) is 2.58. The molecular weight excluding hydrogens is 288 g/mol. The highest BCUT2D eigenvalue weighted by Crippen LogP contribution is 2.37. The maximum atomic E-state index is 6.44. The predicted octanol–water partition coefficient (Wildman–Crippen LogP) is 2.79. The molecule has 1 heterocycles. The molecule has 0 radical (unpaired) electrons. The molecule has 1 aromatic rings. The summed E-state index contributed by atoms with van der Waals surface area (Å²) >= 11 is 6.44. The van der Waals surface area contributed by atoms with Crippen LogP contribution in [0.3, 0.4) is 0 Å². The third-order valence-electron chi connectivity index (χ3n) is 3.97. The lowest BCUT2D eigenvalue weighted by atomic mass is 9.99. The van der Waals surface area contributed by atoms with Crippen LogP contribution in [-0.4, -0.2) is 45.8 Å². The maximum Gasteiger partial charge on any atom is 0.179 e. The number of halogens is 1. The van der Waals surface area contributed by atoms with Crippen LogP contribution < -0.4 is 14.8 Å². The smallest absolute Gasteiger partial charge is 0.179 e. The lowest BCUT2D eigenvalue weighted by Gasteiger charge is -2.28. The van der Waals surface area contributed by atoms with E-state index in [-0.39, 0.29) is 0 Å². The second-order valence-electron chi connectivity index (χ2n) is 5.68. The molecule has 1 aromatic carbocycles. The number of methoxy groups -OCH3 is 2. The van der Waals surface area contributed by atoms with Crippen LogP contribution in [0.25, 0.3) is 0 Å². The summed E-state index contributed by atoms with van der Waals surface area (Å²) in [5.74, 6) is 2.01. The van der Waals surface area contributed by atoms with Crippen molar-refractivity contribution < 1.29 is 9.47 Å². The van der Waals surface area contributed by atoms with Crippen molar-refractivity contribution in [2.45, 2.75) is 19.4 Å². The molecule has 0 spiro atoms. The monoisotopic (exact) mass is 312 g/mol. The lowest BCUT2D eigenvalue weighted by Crippen LogP contribution is -2.36. The number of piperidine rings is 1. The minimum absolute atomic E-state index is 0.615. The molecule has 21 heavy (non-hydrogen) atoms. The van der Waals surface area contributed by atoms with Crippen LogP contribution in [-0.2, 0) is 6.54 Å². The van der Waals surface area contributed by atoms with Gasteiger partial charge in [0, 0.05) is 13.1 Å². The van der Waals surface area contributed by atoms with Gasteiger partial charge in [-0.15, -0.1) is 0 Å². The summed E-state index contributed by atoms with van der Waals surface area (Å²) < 4.78 is 10.6. The average molecular weight is 313 g/mol. The van der Waals surface area contributed by atoms with Crippen LogP contribution in [0.1, 0.15) is 18.4 Å². The quantitative estimate of drug-likeness (QED) is 0.876. The summed E-state index contributed by atoms with van der Waals surface area (Å²) in [6.45, 7) is 4.17. The SMILES string of the molecule is COc1ccc(CN(C)CC2CCCNC2)c(Cl)c1OC. The van der Waals surface area contributed by atoms with Crippen LogP contribution in [0.15, 0.2) is 12.1 Å². The van der Waals surface area contributed by atoms with Crippen LogP contribution in [0.5, 0.6) is 11.5 Å². The number of ether oxygens (including phenoxy) is 2. The predicted molar refractivity (Wildman–Crippen MR) is 86.5 cm³/mol. The van der Waals surface area contributed by atoms with Gasteiger partial charge in [-0.1, -0.05) is 17.7 Å². The Bertz CT molecular complexity index is 462. The van der Waals surface area contributed by atoms with Gasteiger partial charge in [0.15, 0.2) is 11.5 Å². The van der Waals surface area contributed by atoms with E-state index in [2.05, 4.69) is 17.3 Å². The molecule has 0 bridgehead atoms. The van der Waals surface area contributed by atoms with Gasteiger partial charge >= 0.3 is 0 Å². The lowest BCUT2D eigenvalue weighted by molar-refractivity contribution is 0.237. The van der Waals surface area contributed by atoms with E-state index in [4.69, 9.17) is 21.1 Å². The van der Waals surface area contributed by atoms with Crippen LogP contribution in [0.4, 0.5) is 0 Å². The Morgan fingerprint density at radius 2 is 2.14 bits per heavy atom. The Morgan fingerprint density at radius 3 is 2.76 bits per heavy atom. The van der Waals surface area contributed by atoms with Crippen molar-refractivity contribution in [3.05, 3.63) is 22.7 Å². The van der Waals surface area contributed by atoms with Crippen LogP contribution >= 0.6 is 11.6 Å². The number of nitrogens with zero attached hydrogens (tertiary/aromatic N) is 1. The summed E-state index contributed by atoms with van der Waals surface area (Å²) in [7, 11) is 5.38. The van der Waals surface area contributed by atoms with E-state index in [1.54, 1.807) is 14.2 Å². The zero-order valence-electron chi connectivity index (χ0n) is 13.1. The van der Waals surface area contributed by atoms with E-state index in [1.807, 2.05) is 12.1 Å². The minimum atomic E-state index is 0.615. The van der Waals surface area contributed by atoms with E-state index in [1.165, 1.54) is 12.8 Å². The molecule has 1 fully saturated rings. The Balaban J connectivity index is 2.01. The number of rotatable bonds is 6. The number of hydrogen-bond donors (Lipinski definition) is 1. The van der Waals surface area contributed by atoms with Crippen molar-refractivity contribution in [3.8, 4) is 11.5 Å². The fourth-order valence-electron chi connectivity index (χ4n) is 2.93. The molecule has 5 heteroatoms. The van der Waals surface area contributed by atoms with Gasteiger partial charge in [0.1, 0.15) is 0 Å². The van der Waals surface area contributed by atoms with Crippen LogP contribution in [0.2, 0.25) is 5.02 Å². The molecule has 1 saturated heterocycles. The minimum Gasteiger partial charge on any atom is -0.493 e. The fourth-order valence-corrected chi connectivity index (χ4v) is 3.22. The van der Waals surface area contributed by atoms with Crippen LogP contribution in [0, 0.1) is 5.92 Å². The maximum absolute atomic E-state index is 6.44. The van der Waals surface area contributed by atoms with Gasteiger partial charge in [0.2, 0.25) is 0 Å². The number of benzene rings is 1. The highest BCUT2D eigenvalue weighted by Gasteiger charge is 2.18. The highest BCUT2D eigenvalue weighted by atomic mass is 35.5. The van der Waals surface area contributed by atoms with Crippen molar-refractivity contribution in [2.24, 2.45) is 5.92 Å². The molecule has 1 unspecified atom stereocenters. The van der Waals surface area contributed by atoms with Gasteiger partial charge in [-0.3, -0.25) is 0 Å². The summed E-state index contributed by atoms with van der Waals surface area (Å²) in [5.41, 5.74) is 1.07. The summed E-state index contributed by atoms with van der Waals surface area (Å²) in [6, 6.07) is 3.93. The first-order valence-electron chi connectivity index (χ1n) is 7.44. The first-order valence-corrected chi connectivity index (χ1v) is 7.82. The Morgan fingerprint density at radius 1 is 1.33 bits per heavy atom. The number of hydrogen-bond acceptors (Lipinski definition) is 4. The van der Waals surface area contributed by atoms with Gasteiger partial charge in [-0.2, -0.15) is 0 Å². The highest BCUT2D eigenvalue weighted by molar-refractivity contribution is 6.33. The standard InChI is InChI=1S/C16H25ClN2O2/c1-19(10-12-5-4-8-18-9-12)11-13-6-7-14(20-2)16(21-3)15(13)17/h6-7,12,18H,4-5,8-11H2,1-3H3. The number of nitrogens with one attached hydrogen (secondary N) is 1. The molecule has 2 rings (SSSR count). The van der Waals surface area contributed by atoms with Gasteiger partial charge in [0.25, 0.3) is 0 Å². The van der Waals surface area contributed by atoms with E-state index < -0.39 is 0 Å². The van der Waals surface area contributed by atoms with Crippen molar-refractivity contribution in [2.75, 3.05) is 40.9 Å². The molecule has 1 aliphatic rings. The average Bonchev–Trinajstić information content (AvgIpc) is 2.50. The van der Waals surface area contributed by atoms with Gasteiger partial charge in [0.05, 0.1) is 19.2 Å². The van der Waals surface area contributed by atoms with Crippen molar-refractivity contribution in [1.29, 1.82) is 0 Å². The fraction of sp³-hybridized carbons (Fsp3) is 0.625. The Hall–Kier alpha value is -0.970. The molecule has 0 aliphatic carbocycles. The Kier molecular flexibility index (Phi) is 6.15. The molecule has 1 N–H and O–H groups in total. The Labute approximate surface area is 132 Å². The van der Waals surface area contributed by atoms with E-state index in [0.717, 1.165) is 37.7 Å². The molecule has 118 valence electrons. The second-order valence-corrected chi connectivity index (χ2v) is 6.06. The summed E-state index contributed by atoms with van der Waals surface area (Å²) in [5, 5.41) is 4.10. The normalized spacial score (nSPS) is 18.8. The largest absolute Gasteiger partial charge is 0.493 e. The molecule has 1 atom stereocenters. The van der Waals surface area contributed by atoms with Gasteiger partial charge in [-0.05, 0) is 50.5 Å². The van der Waals surface area contributed by atoms with Gasteiger partial charge < -0.3 is 19.7 Å². The van der Waals surface area contributed by atoms with Gasteiger partial charge in [-0.25, -0.2) is 0 Å². The zero-order chi connectivity index (χ0) is 15.2. The zero-order valence-corrected chi connectivity index (χ0v) is 13.9. The molecule has 0 saturated carbocycles. The molecule has 0 aromatic heterocycles. The van der Waals surface area contributed by atoms with Crippen molar-refractivity contribution in [1.82, 2.24) is 10.2 Å². The van der Waals surface area contributed by atoms with E-state index in [0.29, 0.717) is 16.5 Å². The van der Waals surface area contributed by atoms with E-state index >= 15 is 0 Å². The van der Waals surface area contributed by atoms with Crippen molar-refractivity contribution in [3.63, 3.8) is 0 Å². The second kappa shape index (κ2) is 7.87. The third kappa shape index (κ3) is 4.25. The topological polar surface area (TPSA) is 33.7 Å². The third-order valence-corrected chi connectivity index (χ3v) is 4.39. The first kappa shape index (κ1) is 16.4. The van der Waals surface area contributed by atoms with Crippen molar-refractivity contribution >= 4 is 11.6 Å². The molecular formula is C16H25ClN2O2. The molecule has 0 amide bonds. The first-order chi connectivity index (χ1) is 10.2.